The molecule has 1 fully saturated rings. The van der Waals surface area contributed by atoms with Crippen molar-refractivity contribution in [3.05, 3.63) is 65.5 Å². The van der Waals surface area contributed by atoms with E-state index in [9.17, 15) is 23.6 Å². The van der Waals surface area contributed by atoms with Gasteiger partial charge in [-0.1, -0.05) is 38.1 Å². The van der Waals surface area contributed by atoms with Gasteiger partial charge in [0.1, 0.15) is 23.4 Å². The lowest BCUT2D eigenvalue weighted by atomic mass is 9.79. The number of carbonyl (C=O) groups excluding carboxylic acids is 4. The lowest BCUT2D eigenvalue weighted by Crippen LogP contribution is -2.61. The minimum atomic E-state index is -0.862. The maximum absolute atomic E-state index is 14.0. The van der Waals surface area contributed by atoms with Gasteiger partial charge in [0.2, 0.25) is 5.91 Å². The summed E-state index contributed by atoms with van der Waals surface area (Å²) in [7, 11) is 1.71. The number of benzene rings is 2. The fraction of sp³-hybridized carbons (Fsp3) is 0.515. The molecule has 0 aromatic heterocycles. The number of rotatable bonds is 10. The number of amides is 2. The van der Waals surface area contributed by atoms with E-state index >= 15 is 0 Å². The van der Waals surface area contributed by atoms with Crippen molar-refractivity contribution in [1.82, 2.24) is 15.1 Å². The molecule has 2 aromatic rings. The smallest absolute Gasteiger partial charge is 0.410 e. The fourth-order valence-corrected chi connectivity index (χ4v) is 5.98. The van der Waals surface area contributed by atoms with Gasteiger partial charge in [-0.2, -0.15) is 0 Å². The van der Waals surface area contributed by atoms with Crippen molar-refractivity contribution in [2.45, 2.75) is 70.9 Å². The van der Waals surface area contributed by atoms with Gasteiger partial charge >= 0.3 is 6.09 Å². The third-order valence-electron chi connectivity index (χ3n) is 8.71. The van der Waals surface area contributed by atoms with Crippen LogP contribution in [0.2, 0.25) is 0 Å². The van der Waals surface area contributed by atoms with Crippen molar-refractivity contribution in [2.75, 3.05) is 26.7 Å². The van der Waals surface area contributed by atoms with Crippen LogP contribution >= 0.6 is 0 Å². The van der Waals surface area contributed by atoms with Crippen LogP contribution in [-0.2, 0) is 20.8 Å². The molecular formula is C33H42FN3O5. The number of Topliss-reactive ketones (excluding diaryl/α,β-unsaturated/α-hetero) is 2. The second kappa shape index (κ2) is 14.1. The van der Waals surface area contributed by atoms with Gasteiger partial charge in [0.15, 0.2) is 5.78 Å². The summed E-state index contributed by atoms with van der Waals surface area (Å²) in [5.74, 6) is -1.33. The van der Waals surface area contributed by atoms with Crippen molar-refractivity contribution in [3.63, 3.8) is 0 Å². The van der Waals surface area contributed by atoms with Crippen LogP contribution < -0.4 is 10.1 Å². The molecule has 226 valence electrons. The molecule has 42 heavy (non-hydrogen) atoms. The number of aryl methyl sites for hydroxylation is 1. The molecule has 4 rings (SSSR count). The minimum Gasteiger partial charge on any atom is -0.410 e. The van der Waals surface area contributed by atoms with Crippen molar-refractivity contribution in [3.8, 4) is 5.75 Å². The maximum Gasteiger partial charge on any atom is 0.415 e. The molecule has 1 aliphatic heterocycles. The lowest BCUT2D eigenvalue weighted by Gasteiger charge is -2.42. The monoisotopic (exact) mass is 579 g/mol. The quantitative estimate of drug-likeness (QED) is 0.436. The molecular weight excluding hydrogens is 537 g/mol. The Morgan fingerprint density at radius 1 is 1.02 bits per heavy atom. The predicted molar refractivity (Wildman–Crippen MR) is 158 cm³/mol. The van der Waals surface area contributed by atoms with Crippen LogP contribution in [0.3, 0.4) is 0 Å². The van der Waals surface area contributed by atoms with Crippen LogP contribution in [0.1, 0.15) is 63.5 Å². The summed E-state index contributed by atoms with van der Waals surface area (Å²) >= 11 is 0. The Hall–Kier alpha value is -3.59. The second-order valence-corrected chi connectivity index (χ2v) is 11.8. The second-order valence-electron chi connectivity index (χ2n) is 11.8. The highest BCUT2D eigenvalue weighted by atomic mass is 19.1. The molecule has 1 saturated heterocycles. The average Bonchev–Trinajstić information content (AvgIpc) is 2.99. The fourth-order valence-electron chi connectivity index (χ4n) is 5.98. The molecule has 2 aromatic carbocycles. The Balaban J connectivity index is 1.57. The van der Waals surface area contributed by atoms with E-state index in [1.54, 1.807) is 18.9 Å². The van der Waals surface area contributed by atoms with Crippen molar-refractivity contribution >= 4 is 23.6 Å². The normalized spacial score (nSPS) is 20.0. The number of piperazine rings is 1. The van der Waals surface area contributed by atoms with E-state index in [2.05, 4.69) is 17.4 Å². The van der Waals surface area contributed by atoms with E-state index in [4.69, 9.17) is 4.74 Å². The van der Waals surface area contributed by atoms with Gasteiger partial charge in [0.05, 0.1) is 12.6 Å². The highest BCUT2D eigenvalue weighted by Crippen LogP contribution is 2.35. The van der Waals surface area contributed by atoms with E-state index in [1.165, 1.54) is 40.3 Å². The zero-order valence-electron chi connectivity index (χ0n) is 25.0. The number of ether oxygens (including phenoxy) is 1. The van der Waals surface area contributed by atoms with E-state index in [1.807, 2.05) is 26.0 Å². The zero-order valence-corrected chi connectivity index (χ0v) is 25.0. The van der Waals surface area contributed by atoms with Gasteiger partial charge in [0, 0.05) is 31.8 Å². The highest BCUT2D eigenvalue weighted by molar-refractivity contribution is 5.94. The van der Waals surface area contributed by atoms with Crippen LogP contribution in [0, 0.1) is 17.7 Å². The molecule has 0 radical (unpaired) electrons. The molecule has 1 heterocycles. The molecule has 8 nitrogen and oxygen atoms in total. The van der Waals surface area contributed by atoms with Gasteiger partial charge in [-0.05, 0) is 80.5 Å². The summed E-state index contributed by atoms with van der Waals surface area (Å²) in [4.78, 5) is 57.0. The number of nitrogens with zero attached hydrogens (tertiary/aromatic N) is 2. The number of halogens is 1. The average molecular weight is 580 g/mol. The number of ketones is 2. The summed E-state index contributed by atoms with van der Waals surface area (Å²) in [6, 6.07) is 12.1. The van der Waals surface area contributed by atoms with Crippen LogP contribution in [0.4, 0.5) is 9.18 Å². The van der Waals surface area contributed by atoms with E-state index in [-0.39, 0.29) is 73.6 Å². The Morgan fingerprint density at radius 3 is 2.43 bits per heavy atom. The number of hydrogen-bond acceptors (Lipinski definition) is 6. The molecule has 0 unspecified atom stereocenters. The summed E-state index contributed by atoms with van der Waals surface area (Å²) in [5, 5.41) is 2.94. The number of nitrogens with one attached hydrogen (secondary N) is 1. The molecule has 1 N–H and O–H groups in total. The first-order chi connectivity index (χ1) is 20.1. The summed E-state index contributed by atoms with van der Waals surface area (Å²) in [6.07, 6.45) is 2.52. The molecule has 1 aliphatic carbocycles. The number of hydrogen-bond donors (Lipinski definition) is 1. The van der Waals surface area contributed by atoms with E-state index in [0.29, 0.717) is 0 Å². The molecule has 0 spiro atoms. The third kappa shape index (κ3) is 7.43. The largest absolute Gasteiger partial charge is 0.415 e. The topological polar surface area (TPSA) is 96.0 Å². The van der Waals surface area contributed by atoms with E-state index in [0.717, 1.165) is 19.3 Å². The van der Waals surface area contributed by atoms with Crippen molar-refractivity contribution in [1.29, 1.82) is 0 Å². The number of carbonyl (C=O) groups is 4. The Bertz CT molecular complexity index is 1280. The Morgan fingerprint density at radius 2 is 1.74 bits per heavy atom. The van der Waals surface area contributed by atoms with Crippen LogP contribution in [0.15, 0.2) is 48.5 Å². The molecule has 9 heteroatoms. The third-order valence-corrected chi connectivity index (χ3v) is 8.71. The summed E-state index contributed by atoms with van der Waals surface area (Å²) < 4.78 is 18.8. The van der Waals surface area contributed by atoms with Crippen LogP contribution in [-0.4, -0.2) is 72.1 Å². The van der Waals surface area contributed by atoms with Crippen LogP contribution in [0.25, 0.3) is 0 Å². The standard InChI is InChI=1S/C33H42FN3O5/c1-21(2)28(19-30(38)22(3)35-4)32(40)37-17-16-36(33(41)42-26-14-12-25(34)13-15-26)20-29(37)31(39)18-24-10-7-9-23-8-5-6-11-27(23)24/h5-6,8,11-15,21-22,24,28-29,35H,7,9-10,16-20H2,1-4H3/t22-,24-,28-,29-/m0/s1. The Labute approximate surface area is 247 Å². The Kier molecular flexibility index (Phi) is 10.5. The molecule has 4 atom stereocenters. The van der Waals surface area contributed by atoms with Gasteiger partial charge in [-0.25, -0.2) is 9.18 Å². The number of likely N-dealkylation sites (N-methyl/N-ethyl adjacent to an activating group) is 1. The first-order valence-corrected chi connectivity index (χ1v) is 14.9. The predicted octanol–water partition coefficient (Wildman–Crippen LogP) is 4.76. The SMILES string of the molecule is CN[C@@H](C)C(=O)C[C@H](C(=O)N1CCN(C(=O)Oc2ccc(F)cc2)C[C@H]1C(=O)C[C@@H]1CCCc2ccccc21)C(C)C. The summed E-state index contributed by atoms with van der Waals surface area (Å²) in [6.45, 7) is 5.90. The van der Waals surface area contributed by atoms with Crippen molar-refractivity contribution < 1.29 is 28.3 Å². The van der Waals surface area contributed by atoms with Gasteiger partial charge < -0.3 is 19.9 Å². The van der Waals surface area contributed by atoms with Crippen LogP contribution in [0.5, 0.6) is 5.75 Å². The van der Waals surface area contributed by atoms with Crippen molar-refractivity contribution in [2.24, 2.45) is 11.8 Å². The van der Waals surface area contributed by atoms with E-state index < -0.39 is 23.9 Å². The molecule has 2 aliphatic rings. The molecule has 2 amide bonds. The van der Waals surface area contributed by atoms with Gasteiger partial charge in [0.25, 0.3) is 0 Å². The van der Waals surface area contributed by atoms with Gasteiger partial charge in [-0.3, -0.25) is 14.4 Å². The number of fused-ring (bicyclic) bond motifs is 1. The minimum absolute atomic E-state index is 0.00928. The molecule has 0 saturated carbocycles. The first-order valence-electron chi connectivity index (χ1n) is 14.9. The first kappa shape index (κ1) is 31.3. The molecule has 0 bridgehead atoms. The summed E-state index contributed by atoms with van der Waals surface area (Å²) in [5.41, 5.74) is 2.42. The highest BCUT2D eigenvalue weighted by Gasteiger charge is 2.41. The zero-order chi connectivity index (χ0) is 30.4. The lowest BCUT2D eigenvalue weighted by molar-refractivity contribution is -0.148. The van der Waals surface area contributed by atoms with Gasteiger partial charge in [-0.15, -0.1) is 0 Å². The maximum atomic E-state index is 14.0.